The van der Waals surface area contributed by atoms with E-state index in [-0.39, 0.29) is 13.1 Å². The molecule has 2 heterocycles. The van der Waals surface area contributed by atoms with Gasteiger partial charge >= 0.3 is 0 Å². The summed E-state index contributed by atoms with van der Waals surface area (Å²) in [5.74, 6) is 0.621. The highest BCUT2D eigenvalue weighted by Gasteiger charge is 2.53. The second-order valence-corrected chi connectivity index (χ2v) is 30.6. The van der Waals surface area contributed by atoms with Crippen LogP contribution >= 0.6 is 17.2 Å². The Balaban J connectivity index is 2.24. The van der Waals surface area contributed by atoms with Gasteiger partial charge in [-0.15, -0.1) is 9.24 Å². The van der Waals surface area contributed by atoms with Crippen molar-refractivity contribution in [1.29, 1.82) is 0 Å². The SMILES string of the molecule is CC(C)(C)P(CC1C(C(P)(C2CCCN2)C2CCCN2)=CC([Si](C)(C)C)=C1[Si](C)(C)C)C(C)(C)C. The minimum atomic E-state index is -1.52. The topological polar surface area (TPSA) is 24.1 Å². The summed E-state index contributed by atoms with van der Waals surface area (Å²) < 4.78 is 0. The van der Waals surface area contributed by atoms with Crippen LogP contribution in [-0.4, -0.2) is 63.0 Å². The quantitative estimate of drug-likeness (QED) is 0.249. The van der Waals surface area contributed by atoms with Crippen LogP contribution in [0.5, 0.6) is 0 Å². The average molecular weight is 553 g/mol. The van der Waals surface area contributed by atoms with E-state index in [1.54, 1.807) is 5.57 Å². The number of allylic oxidation sites excluding steroid dienone is 3. The molecule has 4 unspecified atom stereocenters. The van der Waals surface area contributed by atoms with Gasteiger partial charge < -0.3 is 10.6 Å². The van der Waals surface area contributed by atoms with Gasteiger partial charge in [0, 0.05) is 23.2 Å². The first-order valence-corrected chi connectivity index (χ1v) is 23.4. The molecule has 0 spiro atoms. The highest BCUT2D eigenvalue weighted by molar-refractivity contribution is 7.60. The maximum atomic E-state index is 4.00. The number of hydrogen-bond acceptors (Lipinski definition) is 2. The maximum absolute atomic E-state index is 4.00. The Hall–Kier alpha value is 0.694. The molecule has 3 aliphatic rings. The van der Waals surface area contributed by atoms with Gasteiger partial charge in [-0.25, -0.2) is 0 Å². The van der Waals surface area contributed by atoms with Crippen LogP contribution in [0.2, 0.25) is 39.3 Å². The molecule has 0 bridgehead atoms. The van der Waals surface area contributed by atoms with E-state index in [1.807, 2.05) is 10.4 Å². The summed E-state index contributed by atoms with van der Waals surface area (Å²) in [7, 11) is 0.353. The van der Waals surface area contributed by atoms with Crippen LogP contribution < -0.4 is 10.6 Å². The van der Waals surface area contributed by atoms with Crippen molar-refractivity contribution in [2.75, 3.05) is 19.3 Å². The predicted molar refractivity (Wildman–Crippen MR) is 171 cm³/mol. The molecule has 2 saturated heterocycles. The van der Waals surface area contributed by atoms with E-state index in [1.165, 1.54) is 44.9 Å². The van der Waals surface area contributed by atoms with Crippen molar-refractivity contribution in [2.45, 2.75) is 134 Å². The second kappa shape index (κ2) is 10.3. The van der Waals surface area contributed by atoms with Crippen LogP contribution in [-0.2, 0) is 0 Å². The van der Waals surface area contributed by atoms with Crippen molar-refractivity contribution in [3.8, 4) is 0 Å². The fourth-order valence-electron chi connectivity index (χ4n) is 7.41. The first-order chi connectivity index (χ1) is 15.8. The van der Waals surface area contributed by atoms with E-state index in [0.29, 0.717) is 28.3 Å². The van der Waals surface area contributed by atoms with Crippen molar-refractivity contribution in [2.24, 2.45) is 5.92 Å². The molecule has 0 saturated carbocycles. The van der Waals surface area contributed by atoms with Gasteiger partial charge in [-0.3, -0.25) is 0 Å². The lowest BCUT2D eigenvalue weighted by atomic mass is 9.78. The Labute approximate surface area is 224 Å². The van der Waals surface area contributed by atoms with Gasteiger partial charge in [-0.2, -0.15) is 0 Å². The molecule has 2 fully saturated rings. The van der Waals surface area contributed by atoms with Gasteiger partial charge in [0.15, 0.2) is 0 Å². The molecule has 6 heteroatoms. The molecule has 3 rings (SSSR count). The van der Waals surface area contributed by atoms with Gasteiger partial charge in [-0.05, 0) is 55.2 Å². The molecular weight excluding hydrogens is 494 g/mol. The summed E-state index contributed by atoms with van der Waals surface area (Å²) in [6.07, 6.45) is 9.43. The molecule has 2 N–H and O–H groups in total. The van der Waals surface area contributed by atoms with E-state index in [9.17, 15) is 0 Å². The molecule has 0 amide bonds. The summed E-state index contributed by atoms with van der Waals surface area (Å²) in [5, 5.41) is 12.6. The van der Waals surface area contributed by atoms with E-state index in [0.717, 1.165) is 0 Å². The average Bonchev–Trinajstić information content (AvgIpc) is 3.43. The molecule has 4 atom stereocenters. The summed E-state index contributed by atoms with van der Waals surface area (Å²) in [6, 6.07) is 1.13. The third-order valence-corrected chi connectivity index (χ3v) is 18.3. The fraction of sp³-hybridized carbons (Fsp3) is 0.862. The zero-order valence-corrected chi connectivity index (χ0v) is 29.3. The zero-order chi connectivity index (χ0) is 26.6. The van der Waals surface area contributed by atoms with Gasteiger partial charge in [0.2, 0.25) is 0 Å². The monoisotopic (exact) mass is 552 g/mol. The molecule has 2 aliphatic heterocycles. The Morgan fingerprint density at radius 1 is 0.829 bits per heavy atom. The third kappa shape index (κ3) is 6.30. The number of nitrogens with one attached hydrogen (secondary N) is 2. The number of rotatable bonds is 7. The molecule has 0 aromatic heterocycles. The predicted octanol–water partition coefficient (Wildman–Crippen LogP) is 7.79. The van der Waals surface area contributed by atoms with Crippen molar-refractivity contribution in [3.63, 3.8) is 0 Å². The smallest absolute Gasteiger partial charge is 0.0770 e. The van der Waals surface area contributed by atoms with Crippen LogP contribution in [0.1, 0.15) is 67.2 Å². The van der Waals surface area contributed by atoms with E-state index >= 15 is 0 Å². The van der Waals surface area contributed by atoms with Crippen LogP contribution in [0.15, 0.2) is 22.0 Å². The molecule has 0 aromatic rings. The zero-order valence-electron chi connectivity index (χ0n) is 25.3. The van der Waals surface area contributed by atoms with Crippen LogP contribution in [0.25, 0.3) is 0 Å². The molecule has 2 nitrogen and oxygen atoms in total. The van der Waals surface area contributed by atoms with Gasteiger partial charge in [0.25, 0.3) is 0 Å². The molecular formula is C29H58N2P2Si2. The number of hydrogen-bond donors (Lipinski definition) is 2. The van der Waals surface area contributed by atoms with Gasteiger partial charge in [0.05, 0.1) is 16.1 Å². The standard InChI is InChI=1S/C29H58N2P2Si2/c1-27(2,3)33(28(4,5)6)20-21-22(19-23(34(7,8)9)26(21)35(10,11)12)29(32,24-15-13-17-30-24)25-16-14-18-31-25/h19,21,24-25,30-31H,13-18,20,32H2,1-12H3. The van der Waals surface area contributed by atoms with E-state index in [2.05, 4.69) is 107 Å². The summed E-state index contributed by atoms with van der Waals surface area (Å²) >= 11 is 0. The van der Waals surface area contributed by atoms with Crippen molar-refractivity contribution in [1.82, 2.24) is 10.6 Å². The summed E-state index contributed by atoms with van der Waals surface area (Å²) in [5.41, 5.74) is 1.79. The fourth-order valence-corrected chi connectivity index (χ4v) is 18.3. The first-order valence-electron chi connectivity index (χ1n) is 14.3. The summed E-state index contributed by atoms with van der Waals surface area (Å²) in [6.45, 7) is 33.2. The highest BCUT2D eigenvalue weighted by atomic mass is 31.1. The molecule has 0 aromatic carbocycles. The normalized spacial score (nSPS) is 28.7. The lowest BCUT2D eigenvalue weighted by molar-refractivity contribution is 0.372. The summed E-state index contributed by atoms with van der Waals surface area (Å²) in [4.78, 5) is 0. The van der Waals surface area contributed by atoms with Crippen LogP contribution in [0.3, 0.4) is 0 Å². The van der Waals surface area contributed by atoms with Crippen molar-refractivity contribution >= 4 is 33.3 Å². The Morgan fingerprint density at radius 2 is 1.29 bits per heavy atom. The van der Waals surface area contributed by atoms with Crippen molar-refractivity contribution < 1.29 is 0 Å². The highest BCUT2D eigenvalue weighted by Crippen LogP contribution is 2.64. The Morgan fingerprint density at radius 3 is 1.60 bits per heavy atom. The lowest BCUT2D eigenvalue weighted by Crippen LogP contribution is -2.57. The largest absolute Gasteiger partial charge is 0.313 e. The Bertz CT molecular complexity index is 795. The third-order valence-electron chi connectivity index (χ3n) is 8.69. The van der Waals surface area contributed by atoms with Crippen LogP contribution in [0.4, 0.5) is 0 Å². The minimum Gasteiger partial charge on any atom is -0.313 e. The van der Waals surface area contributed by atoms with Gasteiger partial charge in [0.1, 0.15) is 0 Å². The molecule has 202 valence electrons. The maximum Gasteiger partial charge on any atom is 0.0770 e. The van der Waals surface area contributed by atoms with Gasteiger partial charge in [-0.1, -0.05) is 111 Å². The first kappa shape index (κ1) is 30.2. The Kier molecular flexibility index (Phi) is 8.94. The second-order valence-electron chi connectivity index (χ2n) is 15.7. The van der Waals surface area contributed by atoms with Crippen LogP contribution in [0, 0.1) is 5.92 Å². The van der Waals surface area contributed by atoms with E-state index in [4.69, 9.17) is 0 Å². The molecule has 35 heavy (non-hydrogen) atoms. The lowest BCUT2D eigenvalue weighted by Gasteiger charge is -2.49. The van der Waals surface area contributed by atoms with E-state index < -0.39 is 16.1 Å². The molecule has 1 aliphatic carbocycles. The molecule has 0 radical (unpaired) electrons. The minimum absolute atomic E-state index is 0.112. The van der Waals surface area contributed by atoms with Crippen molar-refractivity contribution in [3.05, 3.63) is 22.0 Å².